The molecule has 0 radical (unpaired) electrons. The van der Waals surface area contributed by atoms with Crippen molar-refractivity contribution in [3.05, 3.63) is 35.6 Å². The summed E-state index contributed by atoms with van der Waals surface area (Å²) in [7, 11) is 1.76. The normalized spacial score (nSPS) is 17.5. The van der Waals surface area contributed by atoms with E-state index < -0.39 is 6.04 Å². The van der Waals surface area contributed by atoms with E-state index in [1.807, 2.05) is 0 Å². The van der Waals surface area contributed by atoms with Crippen LogP contribution in [-0.2, 0) is 11.3 Å². The molecule has 1 amide bonds. The van der Waals surface area contributed by atoms with Crippen molar-refractivity contribution in [1.82, 2.24) is 4.90 Å². The molecule has 1 aliphatic carbocycles. The molecular weight excluding hydrogens is 267 g/mol. The van der Waals surface area contributed by atoms with Crippen molar-refractivity contribution in [2.75, 3.05) is 7.05 Å². The van der Waals surface area contributed by atoms with Crippen LogP contribution in [-0.4, -0.2) is 23.9 Å². The van der Waals surface area contributed by atoms with Crippen molar-refractivity contribution in [2.45, 2.75) is 51.1 Å². The lowest BCUT2D eigenvalue weighted by Crippen LogP contribution is -2.42. The summed E-state index contributed by atoms with van der Waals surface area (Å²) in [5, 5.41) is 0. The molecule has 21 heavy (non-hydrogen) atoms. The molecule has 0 heterocycles. The molecule has 2 rings (SSSR count). The molecule has 1 saturated carbocycles. The quantitative estimate of drug-likeness (QED) is 0.906. The fraction of sp³-hybridized carbons (Fsp3) is 0.588. The predicted molar refractivity (Wildman–Crippen MR) is 82.0 cm³/mol. The maximum Gasteiger partial charge on any atom is 0.239 e. The van der Waals surface area contributed by atoms with Crippen LogP contribution in [0.4, 0.5) is 4.39 Å². The monoisotopic (exact) mass is 292 g/mol. The molecule has 116 valence electrons. The third-order valence-electron chi connectivity index (χ3n) is 4.34. The number of benzene rings is 1. The van der Waals surface area contributed by atoms with Gasteiger partial charge in [0.15, 0.2) is 0 Å². The van der Waals surface area contributed by atoms with Gasteiger partial charge in [0.1, 0.15) is 5.82 Å². The Hall–Kier alpha value is -1.42. The van der Waals surface area contributed by atoms with Gasteiger partial charge < -0.3 is 10.6 Å². The Morgan fingerprint density at radius 2 is 1.90 bits per heavy atom. The minimum absolute atomic E-state index is 0.0232. The van der Waals surface area contributed by atoms with Gasteiger partial charge in [-0.15, -0.1) is 0 Å². The van der Waals surface area contributed by atoms with Crippen LogP contribution in [0.25, 0.3) is 0 Å². The first-order valence-corrected chi connectivity index (χ1v) is 7.81. The van der Waals surface area contributed by atoms with Crippen molar-refractivity contribution >= 4 is 5.91 Å². The van der Waals surface area contributed by atoms with E-state index >= 15 is 0 Å². The largest absolute Gasteiger partial charge is 0.340 e. The van der Waals surface area contributed by atoms with Crippen molar-refractivity contribution in [1.29, 1.82) is 0 Å². The van der Waals surface area contributed by atoms with Gasteiger partial charge in [-0.25, -0.2) is 4.39 Å². The van der Waals surface area contributed by atoms with E-state index in [-0.39, 0.29) is 11.7 Å². The number of hydrogen-bond acceptors (Lipinski definition) is 2. The lowest BCUT2D eigenvalue weighted by molar-refractivity contribution is -0.132. The van der Waals surface area contributed by atoms with E-state index in [9.17, 15) is 9.18 Å². The molecule has 0 aliphatic heterocycles. The summed E-state index contributed by atoms with van der Waals surface area (Å²) in [6.45, 7) is 0.470. The Morgan fingerprint density at radius 3 is 2.52 bits per heavy atom. The first-order valence-electron chi connectivity index (χ1n) is 7.81. The van der Waals surface area contributed by atoms with Gasteiger partial charge >= 0.3 is 0 Å². The number of nitrogens with two attached hydrogens (primary N) is 1. The molecule has 0 spiro atoms. The van der Waals surface area contributed by atoms with Crippen molar-refractivity contribution in [2.24, 2.45) is 11.7 Å². The molecule has 0 bridgehead atoms. The van der Waals surface area contributed by atoms with Crippen LogP contribution in [0, 0.1) is 11.7 Å². The Morgan fingerprint density at radius 1 is 1.29 bits per heavy atom. The van der Waals surface area contributed by atoms with Crippen LogP contribution in [0.5, 0.6) is 0 Å². The summed E-state index contributed by atoms with van der Waals surface area (Å²) in [6.07, 6.45) is 7.01. The molecule has 1 unspecified atom stereocenters. The smallest absolute Gasteiger partial charge is 0.239 e. The maximum atomic E-state index is 12.9. The molecule has 0 aromatic heterocycles. The van der Waals surface area contributed by atoms with Gasteiger partial charge in [-0.05, 0) is 30.0 Å². The first kappa shape index (κ1) is 16.0. The second-order valence-electron chi connectivity index (χ2n) is 6.17. The molecule has 1 fully saturated rings. The van der Waals surface area contributed by atoms with Gasteiger partial charge in [0.05, 0.1) is 6.04 Å². The molecule has 3 nitrogen and oxygen atoms in total. The van der Waals surface area contributed by atoms with Crippen LogP contribution in [0.1, 0.15) is 44.1 Å². The second-order valence-corrected chi connectivity index (χ2v) is 6.17. The summed E-state index contributed by atoms with van der Waals surface area (Å²) >= 11 is 0. The molecule has 4 heteroatoms. The van der Waals surface area contributed by atoms with Gasteiger partial charge in [0, 0.05) is 13.6 Å². The van der Waals surface area contributed by atoms with E-state index in [0.29, 0.717) is 12.5 Å². The lowest BCUT2D eigenvalue weighted by atomic mass is 9.85. The van der Waals surface area contributed by atoms with Crippen LogP contribution in [0.2, 0.25) is 0 Å². The minimum atomic E-state index is -0.418. The van der Waals surface area contributed by atoms with Gasteiger partial charge in [-0.2, -0.15) is 0 Å². The summed E-state index contributed by atoms with van der Waals surface area (Å²) in [5.41, 5.74) is 6.99. The Balaban J connectivity index is 1.84. The van der Waals surface area contributed by atoms with Crippen molar-refractivity contribution in [3.63, 3.8) is 0 Å². The van der Waals surface area contributed by atoms with Crippen molar-refractivity contribution < 1.29 is 9.18 Å². The SMILES string of the molecule is CN(Cc1ccc(F)cc1)C(=O)C(N)CC1CCCCC1. The molecule has 1 atom stereocenters. The summed E-state index contributed by atoms with van der Waals surface area (Å²) in [6, 6.07) is 5.81. The molecule has 1 aromatic rings. The number of hydrogen-bond donors (Lipinski definition) is 1. The number of rotatable bonds is 5. The zero-order chi connectivity index (χ0) is 15.2. The average molecular weight is 292 g/mol. The Bertz CT molecular complexity index is 454. The minimum Gasteiger partial charge on any atom is -0.340 e. The fourth-order valence-corrected chi connectivity index (χ4v) is 3.11. The van der Waals surface area contributed by atoms with Crippen LogP contribution >= 0.6 is 0 Å². The number of likely N-dealkylation sites (N-methyl/N-ethyl adjacent to an activating group) is 1. The third-order valence-corrected chi connectivity index (χ3v) is 4.34. The number of halogens is 1. The molecule has 2 N–H and O–H groups in total. The van der Waals surface area contributed by atoms with Gasteiger partial charge in [-0.3, -0.25) is 4.79 Å². The average Bonchev–Trinajstić information content (AvgIpc) is 2.49. The maximum absolute atomic E-state index is 12.9. The van der Waals surface area contributed by atoms with E-state index in [1.165, 1.54) is 44.2 Å². The number of carbonyl (C=O) groups is 1. The van der Waals surface area contributed by atoms with Gasteiger partial charge in [0.25, 0.3) is 0 Å². The molecular formula is C17H25FN2O. The first-order chi connectivity index (χ1) is 10.1. The zero-order valence-corrected chi connectivity index (χ0v) is 12.7. The number of nitrogens with zero attached hydrogens (tertiary/aromatic N) is 1. The standard InChI is InChI=1S/C17H25FN2O/c1-20(12-14-7-9-15(18)10-8-14)17(21)16(19)11-13-5-3-2-4-6-13/h7-10,13,16H,2-6,11-12,19H2,1H3. The van der Waals surface area contributed by atoms with E-state index in [0.717, 1.165) is 12.0 Å². The second kappa shape index (κ2) is 7.55. The van der Waals surface area contributed by atoms with E-state index in [4.69, 9.17) is 5.73 Å². The fourth-order valence-electron chi connectivity index (χ4n) is 3.11. The number of amides is 1. The summed E-state index contributed by atoms with van der Waals surface area (Å²) in [5.74, 6) is 0.309. The molecule has 0 saturated heterocycles. The Labute approximate surface area is 126 Å². The highest BCUT2D eigenvalue weighted by Gasteiger charge is 2.23. The highest BCUT2D eigenvalue weighted by atomic mass is 19.1. The predicted octanol–water partition coefficient (Wildman–Crippen LogP) is 3.08. The highest BCUT2D eigenvalue weighted by Crippen LogP contribution is 2.27. The third kappa shape index (κ3) is 4.81. The van der Waals surface area contributed by atoms with E-state index in [1.54, 1.807) is 24.1 Å². The lowest BCUT2D eigenvalue weighted by Gasteiger charge is -2.27. The van der Waals surface area contributed by atoms with Gasteiger partial charge in [0.2, 0.25) is 5.91 Å². The van der Waals surface area contributed by atoms with Crippen LogP contribution in [0.15, 0.2) is 24.3 Å². The topological polar surface area (TPSA) is 46.3 Å². The van der Waals surface area contributed by atoms with Crippen molar-refractivity contribution in [3.8, 4) is 0 Å². The van der Waals surface area contributed by atoms with Crippen LogP contribution < -0.4 is 5.73 Å². The molecule has 1 aliphatic rings. The highest BCUT2D eigenvalue weighted by molar-refractivity contribution is 5.81. The summed E-state index contributed by atoms with van der Waals surface area (Å²) in [4.78, 5) is 14.0. The zero-order valence-electron chi connectivity index (χ0n) is 12.7. The van der Waals surface area contributed by atoms with Crippen LogP contribution in [0.3, 0.4) is 0 Å². The van der Waals surface area contributed by atoms with E-state index in [2.05, 4.69) is 0 Å². The Kier molecular flexibility index (Phi) is 5.74. The summed E-state index contributed by atoms with van der Waals surface area (Å²) < 4.78 is 12.9. The number of carbonyl (C=O) groups excluding carboxylic acids is 1. The molecule has 1 aromatic carbocycles. The van der Waals surface area contributed by atoms with Gasteiger partial charge in [-0.1, -0.05) is 44.2 Å².